The van der Waals surface area contributed by atoms with Crippen molar-refractivity contribution in [1.82, 2.24) is 9.55 Å². The van der Waals surface area contributed by atoms with Gasteiger partial charge in [-0.05, 0) is 31.4 Å². The van der Waals surface area contributed by atoms with Crippen LogP contribution in [0.2, 0.25) is 19.6 Å². The number of aliphatic carboxylic acids is 1. The van der Waals surface area contributed by atoms with Gasteiger partial charge in [0.15, 0.2) is 0 Å². The van der Waals surface area contributed by atoms with Gasteiger partial charge in [-0.2, -0.15) is 0 Å². The minimum Gasteiger partial charge on any atom is -0.478 e. The smallest absolute Gasteiger partial charge is 0.332 e. The fraction of sp³-hybridized carbons (Fsp3) is 0.500. The molecule has 1 atom stereocenters. The van der Waals surface area contributed by atoms with Crippen molar-refractivity contribution < 1.29 is 14.6 Å². The van der Waals surface area contributed by atoms with Crippen molar-refractivity contribution in [2.75, 3.05) is 6.61 Å². The highest BCUT2D eigenvalue weighted by Crippen LogP contribution is 2.31. The number of hydrogen-bond donors (Lipinski definition) is 1. The van der Waals surface area contributed by atoms with Gasteiger partial charge in [0.05, 0.1) is 11.9 Å². The van der Waals surface area contributed by atoms with Crippen LogP contribution >= 0.6 is 0 Å². The second-order valence-electron chi connectivity index (χ2n) is 8.78. The average molecular weight is 429 g/mol. The molecule has 1 aromatic heterocycles. The van der Waals surface area contributed by atoms with Crippen molar-refractivity contribution >= 4 is 19.6 Å². The maximum Gasteiger partial charge on any atom is 0.332 e. The highest BCUT2D eigenvalue weighted by atomic mass is 28.3. The normalized spacial score (nSPS) is 13.8. The Balaban J connectivity index is 2.63. The SMILES string of the molecule is CCCCc1ncc(C(C)=C(Cc2ccccc2)C(=O)O)n1C(OCC)[Si](C)(C)C. The van der Waals surface area contributed by atoms with E-state index in [9.17, 15) is 9.90 Å². The Bertz CT molecular complexity index is 866. The molecule has 1 N–H and O–H groups in total. The van der Waals surface area contributed by atoms with Crippen LogP contribution in [0.5, 0.6) is 0 Å². The Labute approximate surface area is 181 Å². The monoisotopic (exact) mass is 428 g/mol. The van der Waals surface area contributed by atoms with Crippen LogP contribution in [-0.2, 0) is 22.4 Å². The minimum atomic E-state index is -1.77. The number of aryl methyl sites for hydroxylation is 1. The average Bonchev–Trinajstić information content (AvgIpc) is 3.11. The fourth-order valence-corrected chi connectivity index (χ4v) is 5.38. The zero-order valence-electron chi connectivity index (χ0n) is 19.2. The van der Waals surface area contributed by atoms with Gasteiger partial charge in [0.2, 0.25) is 0 Å². The molecule has 6 heteroatoms. The van der Waals surface area contributed by atoms with Crippen LogP contribution in [0.1, 0.15) is 56.5 Å². The topological polar surface area (TPSA) is 64.3 Å². The first-order chi connectivity index (χ1) is 14.2. The van der Waals surface area contributed by atoms with Crippen molar-refractivity contribution in [2.45, 2.75) is 71.9 Å². The Hall–Kier alpha value is -2.18. The third-order valence-corrected chi connectivity index (χ3v) is 7.15. The van der Waals surface area contributed by atoms with E-state index in [1.54, 1.807) is 0 Å². The number of benzene rings is 1. The lowest BCUT2D eigenvalue weighted by Crippen LogP contribution is -2.39. The summed E-state index contributed by atoms with van der Waals surface area (Å²) in [5, 5.41) is 10.00. The number of nitrogens with zero attached hydrogens (tertiary/aromatic N) is 2. The third kappa shape index (κ3) is 5.92. The van der Waals surface area contributed by atoms with Crippen LogP contribution < -0.4 is 0 Å². The van der Waals surface area contributed by atoms with Crippen molar-refractivity contribution in [3.8, 4) is 0 Å². The predicted molar refractivity (Wildman–Crippen MR) is 125 cm³/mol. The van der Waals surface area contributed by atoms with Crippen molar-refractivity contribution in [2.24, 2.45) is 0 Å². The summed E-state index contributed by atoms with van der Waals surface area (Å²) in [4.78, 5) is 16.9. The number of unbranched alkanes of at least 4 members (excludes halogenated alkanes) is 1. The van der Waals surface area contributed by atoms with Crippen molar-refractivity contribution in [1.29, 1.82) is 0 Å². The molecule has 0 bridgehead atoms. The molecule has 0 radical (unpaired) electrons. The Morgan fingerprint density at radius 1 is 1.20 bits per heavy atom. The largest absolute Gasteiger partial charge is 0.478 e. The molecule has 0 saturated carbocycles. The number of carboxylic acids is 1. The van der Waals surface area contributed by atoms with Gasteiger partial charge in [-0.25, -0.2) is 9.78 Å². The number of rotatable bonds is 11. The molecular weight excluding hydrogens is 392 g/mol. The van der Waals surface area contributed by atoms with Crippen LogP contribution in [0, 0.1) is 0 Å². The van der Waals surface area contributed by atoms with Gasteiger partial charge >= 0.3 is 5.97 Å². The van der Waals surface area contributed by atoms with Crippen molar-refractivity contribution in [3.05, 3.63) is 59.2 Å². The summed E-state index contributed by atoms with van der Waals surface area (Å²) in [6, 6.07) is 9.74. The van der Waals surface area contributed by atoms with E-state index in [2.05, 4.69) is 31.1 Å². The lowest BCUT2D eigenvalue weighted by molar-refractivity contribution is -0.132. The van der Waals surface area contributed by atoms with E-state index in [1.165, 1.54) is 0 Å². The molecule has 30 heavy (non-hydrogen) atoms. The molecule has 0 aliphatic heterocycles. The quantitative estimate of drug-likeness (QED) is 0.366. The molecule has 0 fully saturated rings. The molecule has 5 nitrogen and oxygen atoms in total. The first kappa shape index (κ1) is 24.1. The van der Waals surface area contributed by atoms with E-state index in [-0.39, 0.29) is 5.85 Å². The molecule has 1 unspecified atom stereocenters. The maximum absolute atomic E-state index is 12.2. The molecule has 0 saturated heterocycles. The van der Waals surface area contributed by atoms with E-state index in [0.717, 1.165) is 41.9 Å². The molecule has 0 aliphatic carbocycles. The zero-order chi connectivity index (χ0) is 22.3. The molecule has 1 aromatic carbocycles. The molecule has 2 aromatic rings. The number of carboxylic acid groups (broad SMARTS) is 1. The van der Waals surface area contributed by atoms with E-state index < -0.39 is 14.0 Å². The van der Waals surface area contributed by atoms with E-state index in [0.29, 0.717) is 18.6 Å². The number of allylic oxidation sites excluding steroid dienone is 1. The lowest BCUT2D eigenvalue weighted by Gasteiger charge is -2.33. The molecule has 0 amide bonds. The Kier molecular flexibility index (Phi) is 8.61. The zero-order valence-corrected chi connectivity index (χ0v) is 20.2. The van der Waals surface area contributed by atoms with Gasteiger partial charge in [-0.3, -0.25) is 0 Å². The summed E-state index contributed by atoms with van der Waals surface area (Å²) in [7, 11) is -1.77. The van der Waals surface area contributed by atoms with Gasteiger partial charge in [-0.1, -0.05) is 63.3 Å². The summed E-state index contributed by atoms with van der Waals surface area (Å²) < 4.78 is 8.42. The molecule has 2 rings (SSSR count). The van der Waals surface area contributed by atoms with Crippen molar-refractivity contribution in [3.63, 3.8) is 0 Å². The third-order valence-electron chi connectivity index (χ3n) is 5.25. The summed E-state index contributed by atoms with van der Waals surface area (Å²) >= 11 is 0. The van der Waals surface area contributed by atoms with Gasteiger partial charge < -0.3 is 14.4 Å². The number of imidazole rings is 1. The molecule has 164 valence electrons. The van der Waals surface area contributed by atoms with E-state index in [4.69, 9.17) is 9.72 Å². The number of hydrogen-bond acceptors (Lipinski definition) is 3. The second kappa shape index (κ2) is 10.7. The first-order valence-corrected chi connectivity index (χ1v) is 14.4. The standard InChI is InChI=1S/C24H36N2O3Si/c1-7-9-15-22-25-17-21(26(22)24(29-8-2)30(4,5)6)18(3)20(23(27)28)16-19-13-11-10-12-14-19/h10-14,17,24H,7-9,15-16H2,1-6H3,(H,27,28). The Morgan fingerprint density at radius 2 is 1.87 bits per heavy atom. The highest BCUT2D eigenvalue weighted by Gasteiger charge is 2.33. The summed E-state index contributed by atoms with van der Waals surface area (Å²) in [6.45, 7) is 13.5. The predicted octanol–water partition coefficient (Wildman–Crippen LogP) is 5.74. The maximum atomic E-state index is 12.2. The van der Waals surface area contributed by atoms with Crippen LogP contribution in [0.4, 0.5) is 0 Å². The molecular formula is C24H36N2O3Si. The summed E-state index contributed by atoms with van der Waals surface area (Å²) in [6.07, 6.45) is 5.19. The lowest BCUT2D eigenvalue weighted by atomic mass is 9.99. The molecule has 0 spiro atoms. The molecule has 0 aliphatic rings. The Morgan fingerprint density at radius 3 is 2.40 bits per heavy atom. The van der Waals surface area contributed by atoms with Crippen LogP contribution in [-0.4, -0.2) is 35.3 Å². The van der Waals surface area contributed by atoms with Gasteiger partial charge in [0, 0.05) is 25.0 Å². The van der Waals surface area contributed by atoms with Gasteiger partial charge in [0.1, 0.15) is 19.7 Å². The summed E-state index contributed by atoms with van der Waals surface area (Å²) in [5.74, 6) is 0.00489. The number of carbonyl (C=O) groups is 1. The van der Waals surface area contributed by atoms with E-state index >= 15 is 0 Å². The first-order valence-electron chi connectivity index (χ1n) is 10.9. The van der Waals surface area contributed by atoms with Crippen LogP contribution in [0.25, 0.3) is 5.57 Å². The fourth-order valence-electron chi connectivity index (χ4n) is 3.65. The van der Waals surface area contributed by atoms with Gasteiger partial charge in [0.25, 0.3) is 0 Å². The minimum absolute atomic E-state index is 0.0893. The van der Waals surface area contributed by atoms with Crippen LogP contribution in [0.15, 0.2) is 42.1 Å². The highest BCUT2D eigenvalue weighted by molar-refractivity contribution is 6.76. The van der Waals surface area contributed by atoms with E-state index in [1.807, 2.05) is 50.4 Å². The second-order valence-corrected chi connectivity index (χ2v) is 14.0. The summed E-state index contributed by atoms with van der Waals surface area (Å²) in [5.41, 5.74) is 2.99. The van der Waals surface area contributed by atoms with Crippen LogP contribution in [0.3, 0.4) is 0 Å². The molecule has 1 heterocycles. The number of aromatic nitrogens is 2. The van der Waals surface area contributed by atoms with Gasteiger partial charge in [-0.15, -0.1) is 0 Å². The number of ether oxygens (including phenoxy) is 1.